The topological polar surface area (TPSA) is 28.4 Å². The highest BCUT2D eigenvalue weighted by molar-refractivity contribution is 7.10. The lowest BCUT2D eigenvalue weighted by Gasteiger charge is -2.27. The van der Waals surface area contributed by atoms with Gasteiger partial charge in [-0.25, -0.2) is 0 Å². The van der Waals surface area contributed by atoms with Gasteiger partial charge in [-0.1, -0.05) is 0 Å². The van der Waals surface area contributed by atoms with Crippen molar-refractivity contribution in [2.75, 3.05) is 19.6 Å². The first-order valence-corrected chi connectivity index (χ1v) is 7.75. The number of furan rings is 1. The first-order valence-electron chi connectivity index (χ1n) is 6.87. The molecule has 0 bridgehead atoms. The molecule has 0 aliphatic carbocycles. The van der Waals surface area contributed by atoms with Crippen molar-refractivity contribution in [3.05, 3.63) is 46.0 Å². The van der Waals surface area contributed by atoms with E-state index in [1.807, 2.05) is 23.5 Å². The highest BCUT2D eigenvalue weighted by Crippen LogP contribution is 2.23. The molecule has 2 aromatic rings. The van der Waals surface area contributed by atoms with Crippen LogP contribution in [0.25, 0.3) is 0 Å². The molecule has 19 heavy (non-hydrogen) atoms. The fourth-order valence-electron chi connectivity index (χ4n) is 2.58. The molecule has 3 rings (SSSR count). The van der Waals surface area contributed by atoms with Crippen LogP contribution in [0, 0.1) is 0 Å². The van der Waals surface area contributed by atoms with Crippen LogP contribution in [0.1, 0.15) is 29.2 Å². The van der Waals surface area contributed by atoms with Crippen molar-refractivity contribution in [2.24, 2.45) is 0 Å². The number of hydrogen-bond acceptors (Lipinski definition) is 4. The van der Waals surface area contributed by atoms with E-state index in [1.54, 1.807) is 11.1 Å². The molecule has 0 saturated heterocycles. The summed E-state index contributed by atoms with van der Waals surface area (Å²) in [6.07, 6.45) is 2.94. The van der Waals surface area contributed by atoms with Gasteiger partial charge in [0.1, 0.15) is 5.76 Å². The molecule has 0 saturated carbocycles. The van der Waals surface area contributed by atoms with Crippen LogP contribution in [-0.2, 0) is 13.0 Å². The molecule has 1 unspecified atom stereocenters. The molecule has 0 fully saturated rings. The van der Waals surface area contributed by atoms with Gasteiger partial charge < -0.3 is 9.73 Å². The van der Waals surface area contributed by atoms with E-state index in [2.05, 4.69) is 28.6 Å². The van der Waals surface area contributed by atoms with Gasteiger partial charge in [-0.2, -0.15) is 0 Å². The van der Waals surface area contributed by atoms with Crippen LogP contribution < -0.4 is 5.32 Å². The molecule has 0 radical (unpaired) electrons. The summed E-state index contributed by atoms with van der Waals surface area (Å²) in [7, 11) is 0. The van der Waals surface area contributed by atoms with Gasteiger partial charge >= 0.3 is 0 Å². The number of fused-ring (bicyclic) bond motifs is 1. The minimum absolute atomic E-state index is 0.288. The van der Waals surface area contributed by atoms with E-state index in [0.717, 1.165) is 25.4 Å². The SMILES string of the molecule is CC(NCCN1CCc2sccc2C1)c1ccco1. The minimum Gasteiger partial charge on any atom is -0.468 e. The van der Waals surface area contributed by atoms with Crippen molar-refractivity contribution in [3.8, 4) is 0 Å². The smallest absolute Gasteiger partial charge is 0.120 e. The minimum atomic E-state index is 0.288. The normalized spacial score (nSPS) is 17.3. The van der Waals surface area contributed by atoms with Gasteiger partial charge in [-0.15, -0.1) is 11.3 Å². The second-order valence-corrected chi connectivity index (χ2v) is 6.09. The second-order valence-electron chi connectivity index (χ2n) is 5.09. The molecule has 0 spiro atoms. The Morgan fingerprint density at radius 1 is 1.47 bits per heavy atom. The summed E-state index contributed by atoms with van der Waals surface area (Å²) in [6, 6.07) is 6.52. The van der Waals surface area contributed by atoms with Crippen molar-refractivity contribution < 1.29 is 4.42 Å². The maximum absolute atomic E-state index is 5.40. The molecule has 0 aromatic carbocycles. The van der Waals surface area contributed by atoms with E-state index in [1.165, 1.54) is 18.5 Å². The van der Waals surface area contributed by atoms with Gasteiger partial charge in [0.25, 0.3) is 0 Å². The van der Waals surface area contributed by atoms with Crippen molar-refractivity contribution in [1.82, 2.24) is 10.2 Å². The van der Waals surface area contributed by atoms with E-state index in [9.17, 15) is 0 Å². The first-order chi connectivity index (χ1) is 9.33. The fraction of sp³-hybridized carbons (Fsp3) is 0.467. The number of thiophene rings is 1. The first kappa shape index (κ1) is 12.9. The zero-order valence-electron chi connectivity index (χ0n) is 11.3. The van der Waals surface area contributed by atoms with Crippen LogP contribution in [0.3, 0.4) is 0 Å². The molecule has 1 N–H and O–H groups in total. The quantitative estimate of drug-likeness (QED) is 0.910. The maximum atomic E-state index is 5.40. The molecule has 2 aromatic heterocycles. The highest BCUT2D eigenvalue weighted by Gasteiger charge is 2.16. The summed E-state index contributed by atoms with van der Waals surface area (Å²) < 4.78 is 5.40. The van der Waals surface area contributed by atoms with Crippen LogP contribution in [-0.4, -0.2) is 24.5 Å². The summed E-state index contributed by atoms with van der Waals surface area (Å²) in [5, 5.41) is 5.73. The van der Waals surface area contributed by atoms with Gasteiger partial charge in [0.2, 0.25) is 0 Å². The summed E-state index contributed by atoms with van der Waals surface area (Å²) in [4.78, 5) is 4.10. The van der Waals surface area contributed by atoms with Gasteiger partial charge in [-0.3, -0.25) is 4.90 Å². The molecular weight excluding hydrogens is 256 g/mol. The predicted molar refractivity (Wildman–Crippen MR) is 78.4 cm³/mol. The third kappa shape index (κ3) is 3.08. The highest BCUT2D eigenvalue weighted by atomic mass is 32.1. The Morgan fingerprint density at radius 2 is 2.42 bits per heavy atom. The monoisotopic (exact) mass is 276 g/mol. The molecule has 102 valence electrons. The molecule has 4 heteroatoms. The Morgan fingerprint density at radius 3 is 3.26 bits per heavy atom. The lowest BCUT2D eigenvalue weighted by Crippen LogP contribution is -2.36. The van der Waals surface area contributed by atoms with E-state index in [4.69, 9.17) is 4.42 Å². The zero-order valence-corrected chi connectivity index (χ0v) is 12.1. The third-order valence-electron chi connectivity index (χ3n) is 3.74. The third-order valence-corrected chi connectivity index (χ3v) is 4.76. The fourth-order valence-corrected chi connectivity index (χ4v) is 3.46. The summed E-state index contributed by atoms with van der Waals surface area (Å²) in [6.45, 7) is 6.54. The largest absolute Gasteiger partial charge is 0.468 e. The number of nitrogens with one attached hydrogen (secondary N) is 1. The Hall–Kier alpha value is -1.10. The standard InChI is InChI=1S/C15H20N2OS/c1-12(14-3-2-9-18-14)16-6-8-17-7-4-15-13(11-17)5-10-19-15/h2-3,5,9-10,12,16H,4,6-8,11H2,1H3. The molecule has 1 aliphatic rings. The number of nitrogens with zero attached hydrogens (tertiary/aromatic N) is 1. The van der Waals surface area contributed by atoms with E-state index in [0.29, 0.717) is 0 Å². The number of hydrogen-bond donors (Lipinski definition) is 1. The average molecular weight is 276 g/mol. The van der Waals surface area contributed by atoms with Gasteiger partial charge in [0.15, 0.2) is 0 Å². The Bertz CT molecular complexity index is 506. The van der Waals surface area contributed by atoms with E-state index in [-0.39, 0.29) is 6.04 Å². The average Bonchev–Trinajstić information content (AvgIpc) is 3.09. The Kier molecular flexibility index (Phi) is 4.01. The molecule has 1 aliphatic heterocycles. The van der Waals surface area contributed by atoms with Crippen LogP contribution in [0.2, 0.25) is 0 Å². The molecule has 1 atom stereocenters. The van der Waals surface area contributed by atoms with Crippen LogP contribution >= 0.6 is 11.3 Å². The molecule has 0 amide bonds. The molecule has 3 nitrogen and oxygen atoms in total. The van der Waals surface area contributed by atoms with E-state index < -0.39 is 0 Å². The summed E-state index contributed by atoms with van der Waals surface area (Å²) in [5.41, 5.74) is 1.52. The van der Waals surface area contributed by atoms with Crippen LogP contribution in [0.4, 0.5) is 0 Å². The van der Waals surface area contributed by atoms with Gasteiger partial charge in [0.05, 0.1) is 12.3 Å². The second kappa shape index (κ2) is 5.90. The molecular formula is C15H20N2OS. The van der Waals surface area contributed by atoms with Crippen molar-refractivity contribution in [1.29, 1.82) is 0 Å². The molecule has 3 heterocycles. The predicted octanol–water partition coefficient (Wildman–Crippen LogP) is 3.05. The van der Waals surface area contributed by atoms with Crippen molar-refractivity contribution in [3.63, 3.8) is 0 Å². The number of rotatable bonds is 5. The van der Waals surface area contributed by atoms with Crippen LogP contribution in [0.5, 0.6) is 0 Å². The lowest BCUT2D eigenvalue weighted by atomic mass is 10.1. The van der Waals surface area contributed by atoms with E-state index >= 15 is 0 Å². The Labute approximate surface area is 118 Å². The lowest BCUT2D eigenvalue weighted by molar-refractivity contribution is 0.251. The maximum Gasteiger partial charge on any atom is 0.120 e. The van der Waals surface area contributed by atoms with Crippen molar-refractivity contribution in [2.45, 2.75) is 25.9 Å². The van der Waals surface area contributed by atoms with Crippen LogP contribution in [0.15, 0.2) is 34.3 Å². The summed E-state index contributed by atoms with van der Waals surface area (Å²) >= 11 is 1.90. The van der Waals surface area contributed by atoms with Crippen molar-refractivity contribution >= 4 is 11.3 Å². The zero-order chi connectivity index (χ0) is 13.1. The summed E-state index contributed by atoms with van der Waals surface area (Å²) in [5.74, 6) is 1.01. The Balaban J connectivity index is 1.44. The van der Waals surface area contributed by atoms with Gasteiger partial charge in [-0.05, 0) is 42.5 Å². The van der Waals surface area contributed by atoms with Gasteiger partial charge in [0, 0.05) is 31.1 Å².